The Bertz CT molecular complexity index is 1310. The van der Waals surface area contributed by atoms with Crippen LogP contribution in [-0.4, -0.2) is 55.3 Å². The number of halogens is 1. The van der Waals surface area contributed by atoms with Gasteiger partial charge in [0.2, 0.25) is 12.2 Å². The first-order valence-corrected chi connectivity index (χ1v) is 10.7. The Morgan fingerprint density at radius 2 is 1.27 bits per heavy atom. The van der Waals surface area contributed by atoms with E-state index in [0.717, 1.165) is 6.07 Å². The van der Waals surface area contributed by atoms with Gasteiger partial charge in [-0.15, -0.1) is 0 Å². The molecular formula is C26H22FNO9. The van der Waals surface area contributed by atoms with Crippen LogP contribution in [0.1, 0.15) is 20.7 Å². The van der Waals surface area contributed by atoms with Crippen molar-refractivity contribution in [1.82, 2.24) is 0 Å². The number of nitrogens with one attached hydrogen (secondary N) is 1. The quantitative estimate of drug-likeness (QED) is 0.393. The number of carboxylic acid groups (broad SMARTS) is 1. The molecule has 11 heteroatoms. The average Bonchev–Trinajstić information content (AvgIpc) is 2.91. The van der Waals surface area contributed by atoms with Crippen molar-refractivity contribution in [3.8, 4) is 11.5 Å². The highest BCUT2D eigenvalue weighted by atomic mass is 19.1. The number of carboxylic acids is 1. The molecule has 0 saturated heterocycles. The normalized spacial score (nSPS) is 12.0. The van der Waals surface area contributed by atoms with Gasteiger partial charge in [0.1, 0.15) is 17.3 Å². The molecule has 2 atom stereocenters. The summed E-state index contributed by atoms with van der Waals surface area (Å²) >= 11 is 0. The molecule has 1 amide bonds. The number of anilines is 1. The molecule has 0 saturated carbocycles. The van der Waals surface area contributed by atoms with Crippen molar-refractivity contribution >= 4 is 29.5 Å². The zero-order valence-electron chi connectivity index (χ0n) is 19.7. The molecule has 37 heavy (non-hydrogen) atoms. The molecule has 192 valence electrons. The highest BCUT2D eigenvalue weighted by Gasteiger charge is 2.41. The number of benzene rings is 3. The minimum Gasteiger partial charge on any atom is -0.497 e. The van der Waals surface area contributed by atoms with E-state index in [1.165, 1.54) is 68.8 Å². The van der Waals surface area contributed by atoms with Crippen molar-refractivity contribution in [1.29, 1.82) is 0 Å². The van der Waals surface area contributed by atoms with Gasteiger partial charge < -0.3 is 29.4 Å². The number of esters is 2. The number of hydrogen-bond acceptors (Lipinski definition) is 8. The van der Waals surface area contributed by atoms with Crippen molar-refractivity contribution in [3.63, 3.8) is 0 Å². The molecular weight excluding hydrogens is 489 g/mol. The number of ether oxygens (including phenoxy) is 4. The third-order valence-corrected chi connectivity index (χ3v) is 4.99. The molecule has 0 radical (unpaired) electrons. The third kappa shape index (κ3) is 6.82. The zero-order valence-corrected chi connectivity index (χ0v) is 19.7. The van der Waals surface area contributed by atoms with E-state index in [2.05, 4.69) is 5.32 Å². The van der Waals surface area contributed by atoms with E-state index in [1.54, 1.807) is 12.1 Å². The van der Waals surface area contributed by atoms with Gasteiger partial charge in [-0.25, -0.2) is 18.8 Å². The topological polar surface area (TPSA) is 137 Å². The maximum absolute atomic E-state index is 14.1. The Hall–Kier alpha value is -4.93. The number of para-hydroxylation sites is 1. The van der Waals surface area contributed by atoms with Crippen molar-refractivity contribution in [2.75, 3.05) is 19.5 Å². The molecule has 0 bridgehead atoms. The molecule has 0 spiro atoms. The van der Waals surface area contributed by atoms with E-state index < -0.39 is 41.8 Å². The van der Waals surface area contributed by atoms with Crippen LogP contribution in [0.3, 0.4) is 0 Å². The number of methoxy groups -OCH3 is 2. The summed E-state index contributed by atoms with van der Waals surface area (Å²) in [5.74, 6) is -5.52. The van der Waals surface area contributed by atoms with Crippen molar-refractivity contribution in [2.45, 2.75) is 12.2 Å². The second-order valence-corrected chi connectivity index (χ2v) is 7.42. The Balaban J connectivity index is 1.94. The summed E-state index contributed by atoms with van der Waals surface area (Å²) in [6.45, 7) is 0. The van der Waals surface area contributed by atoms with E-state index in [1.807, 2.05) is 0 Å². The van der Waals surface area contributed by atoms with Gasteiger partial charge in [0.05, 0.1) is 31.0 Å². The van der Waals surface area contributed by atoms with Crippen LogP contribution >= 0.6 is 0 Å². The van der Waals surface area contributed by atoms with Crippen LogP contribution in [0.4, 0.5) is 10.1 Å². The summed E-state index contributed by atoms with van der Waals surface area (Å²) in [5.41, 5.74) is -0.470. The number of rotatable bonds is 10. The van der Waals surface area contributed by atoms with E-state index in [9.17, 15) is 28.7 Å². The number of carbonyl (C=O) groups excluding carboxylic acids is 3. The van der Waals surface area contributed by atoms with Crippen molar-refractivity contribution in [2.24, 2.45) is 0 Å². The molecule has 3 rings (SSSR count). The molecule has 2 N–H and O–H groups in total. The highest BCUT2D eigenvalue weighted by Crippen LogP contribution is 2.20. The first-order chi connectivity index (χ1) is 17.7. The van der Waals surface area contributed by atoms with Gasteiger partial charge in [0.15, 0.2) is 0 Å². The molecule has 0 unspecified atom stereocenters. The molecule has 0 aliphatic carbocycles. The Morgan fingerprint density at radius 3 is 1.76 bits per heavy atom. The van der Waals surface area contributed by atoms with Gasteiger partial charge in [-0.1, -0.05) is 24.3 Å². The average molecular weight is 511 g/mol. The van der Waals surface area contributed by atoms with Gasteiger partial charge in [0, 0.05) is 0 Å². The van der Waals surface area contributed by atoms with Crippen LogP contribution in [0.2, 0.25) is 0 Å². The molecule has 0 fully saturated rings. The summed E-state index contributed by atoms with van der Waals surface area (Å²) in [5, 5.41) is 12.0. The lowest BCUT2D eigenvalue weighted by molar-refractivity contribution is -0.157. The molecule has 3 aromatic rings. The number of amides is 1. The Kier molecular flexibility index (Phi) is 8.76. The highest BCUT2D eigenvalue weighted by molar-refractivity contribution is 6.01. The van der Waals surface area contributed by atoms with Gasteiger partial charge in [-0.05, 0) is 48.5 Å². The standard InChI is InChI=1S/C26H22FNO9/c1-34-17-9-5-7-15(13-17)25(32)36-21(23(29)28-20-12-4-3-11-19(20)27)22(24(30)31)37-26(33)16-8-6-10-18(14-16)35-2/h3-14,21-22H,1-2H3,(H,28,29)(H,30,31)/t21-,22+/m0/s1. The lowest BCUT2D eigenvalue weighted by atomic mass is 10.1. The van der Waals surface area contributed by atoms with Crippen molar-refractivity contribution in [3.05, 3.63) is 89.7 Å². The molecule has 0 aliphatic heterocycles. The van der Waals surface area contributed by atoms with Crippen molar-refractivity contribution < 1.29 is 47.6 Å². The second-order valence-electron chi connectivity index (χ2n) is 7.42. The first kappa shape index (κ1) is 26.7. The summed E-state index contributed by atoms with van der Waals surface area (Å²) in [6.07, 6.45) is -4.50. The van der Waals surface area contributed by atoms with Crippen LogP contribution in [-0.2, 0) is 19.1 Å². The van der Waals surface area contributed by atoms with E-state index in [0.29, 0.717) is 11.5 Å². The van der Waals surface area contributed by atoms with Gasteiger partial charge >= 0.3 is 17.9 Å². The predicted octanol–water partition coefficient (Wildman–Crippen LogP) is 3.32. The third-order valence-electron chi connectivity index (χ3n) is 4.99. The fourth-order valence-corrected chi connectivity index (χ4v) is 3.13. The zero-order chi connectivity index (χ0) is 26.9. The lowest BCUT2D eigenvalue weighted by Crippen LogP contribution is -2.48. The maximum atomic E-state index is 14.1. The van der Waals surface area contributed by atoms with Gasteiger partial charge in [-0.2, -0.15) is 0 Å². The van der Waals surface area contributed by atoms with Crippen LogP contribution in [0, 0.1) is 5.82 Å². The van der Waals surface area contributed by atoms with E-state index in [4.69, 9.17) is 18.9 Å². The first-order valence-electron chi connectivity index (χ1n) is 10.7. The minimum atomic E-state index is -2.29. The van der Waals surface area contributed by atoms with Gasteiger partial charge in [-0.3, -0.25) is 4.79 Å². The smallest absolute Gasteiger partial charge is 0.349 e. The monoisotopic (exact) mass is 511 g/mol. The summed E-state index contributed by atoms with van der Waals surface area (Å²) in [4.78, 5) is 50.7. The molecule has 0 heterocycles. The molecule has 0 aromatic heterocycles. The summed E-state index contributed by atoms with van der Waals surface area (Å²) in [7, 11) is 2.74. The largest absolute Gasteiger partial charge is 0.497 e. The Labute approximate surface area is 210 Å². The summed E-state index contributed by atoms with van der Waals surface area (Å²) < 4.78 is 34.5. The lowest BCUT2D eigenvalue weighted by Gasteiger charge is -2.23. The number of carbonyl (C=O) groups is 4. The van der Waals surface area contributed by atoms with Crippen LogP contribution < -0.4 is 14.8 Å². The fourth-order valence-electron chi connectivity index (χ4n) is 3.13. The van der Waals surface area contributed by atoms with E-state index >= 15 is 0 Å². The van der Waals surface area contributed by atoms with E-state index in [-0.39, 0.29) is 16.8 Å². The Morgan fingerprint density at radius 1 is 0.757 bits per heavy atom. The number of hydrogen-bond donors (Lipinski definition) is 2. The number of aliphatic carboxylic acids is 1. The maximum Gasteiger partial charge on any atom is 0.349 e. The predicted molar refractivity (Wildman–Crippen MR) is 127 cm³/mol. The SMILES string of the molecule is COc1cccc(C(=O)O[C@H](C(=O)Nc2ccccc2F)[C@@H](OC(=O)c2cccc(OC)c2)C(=O)O)c1. The van der Waals surface area contributed by atoms with Crippen LogP contribution in [0.25, 0.3) is 0 Å². The molecule has 3 aromatic carbocycles. The van der Waals surface area contributed by atoms with Gasteiger partial charge in [0.25, 0.3) is 5.91 Å². The second kappa shape index (κ2) is 12.2. The van der Waals surface area contributed by atoms with Crippen LogP contribution in [0.5, 0.6) is 11.5 Å². The molecule has 0 aliphatic rings. The summed E-state index contributed by atoms with van der Waals surface area (Å²) in [6, 6.07) is 16.4. The fraction of sp³-hybridized carbons (Fsp3) is 0.154. The minimum absolute atomic E-state index is 0.0775. The van der Waals surface area contributed by atoms with Crippen LogP contribution in [0.15, 0.2) is 72.8 Å². The molecule has 10 nitrogen and oxygen atoms in total.